The van der Waals surface area contributed by atoms with Crippen molar-refractivity contribution in [2.45, 2.75) is 20.4 Å². The average Bonchev–Trinajstić information content (AvgIpc) is 3.16. The van der Waals surface area contributed by atoms with E-state index in [0.717, 1.165) is 40.8 Å². The highest BCUT2D eigenvalue weighted by Gasteiger charge is 2.04. The number of halogens is 1. The lowest BCUT2D eigenvalue weighted by molar-refractivity contribution is 0.624. The lowest BCUT2D eigenvalue weighted by atomic mass is 10.1. The van der Waals surface area contributed by atoms with Gasteiger partial charge in [-0.25, -0.2) is 4.39 Å². The first-order chi connectivity index (χ1) is 14.7. The summed E-state index contributed by atoms with van der Waals surface area (Å²) in [4.78, 5) is 6.94. The van der Waals surface area contributed by atoms with Gasteiger partial charge < -0.3 is 9.47 Å². The Kier molecular flexibility index (Phi) is 5.94. The maximum Gasteiger partial charge on any atom is 0.123 e. The Balaban J connectivity index is 1.50. The number of hydrogen-bond acceptors (Lipinski definition) is 2. The van der Waals surface area contributed by atoms with Gasteiger partial charge in [-0.15, -0.1) is 0 Å². The molecule has 1 aromatic heterocycles. The van der Waals surface area contributed by atoms with Crippen molar-refractivity contribution in [1.29, 1.82) is 0 Å². The molecule has 0 bridgehead atoms. The summed E-state index contributed by atoms with van der Waals surface area (Å²) in [6.45, 7) is 6.97. The molecule has 152 valence electrons. The third-order valence-corrected chi connectivity index (χ3v) is 5.38. The lowest BCUT2D eigenvalue weighted by Gasteiger charge is -2.20. The Morgan fingerprint density at radius 2 is 1.73 bits per heavy atom. The van der Waals surface area contributed by atoms with E-state index >= 15 is 0 Å². The minimum absolute atomic E-state index is 0.201. The van der Waals surface area contributed by atoms with Crippen LogP contribution in [0.4, 0.5) is 15.8 Å². The number of benzene rings is 3. The number of anilines is 1. The molecule has 0 spiro atoms. The zero-order valence-electron chi connectivity index (χ0n) is 17.4. The van der Waals surface area contributed by atoms with Gasteiger partial charge in [0.05, 0.1) is 5.69 Å². The van der Waals surface area contributed by atoms with Gasteiger partial charge in [-0.2, -0.15) is 0 Å². The minimum atomic E-state index is -0.201. The van der Waals surface area contributed by atoms with Gasteiger partial charge in [0, 0.05) is 48.6 Å². The quantitative estimate of drug-likeness (QED) is 0.328. The van der Waals surface area contributed by atoms with Gasteiger partial charge in [0.25, 0.3) is 0 Å². The second-order valence-corrected chi connectivity index (χ2v) is 7.34. The third kappa shape index (κ3) is 4.43. The first-order valence-corrected chi connectivity index (χ1v) is 10.4. The maximum atomic E-state index is 13.5. The topological polar surface area (TPSA) is 20.5 Å². The standard InChI is InChI=1S/C26H26FN3/c1-3-29(4-2)25-11-9-24(10-12-25)28-18-20-8-13-26-22(16-20)14-15-30(26)19-21-6-5-7-23(27)17-21/h5-18H,3-4,19H2,1-2H3. The average molecular weight is 400 g/mol. The van der Waals surface area contributed by atoms with Crippen LogP contribution in [0.25, 0.3) is 10.9 Å². The van der Waals surface area contributed by atoms with Gasteiger partial charge in [0.2, 0.25) is 0 Å². The van der Waals surface area contributed by atoms with E-state index in [4.69, 9.17) is 0 Å². The summed E-state index contributed by atoms with van der Waals surface area (Å²) in [6.07, 6.45) is 3.94. The predicted molar refractivity (Wildman–Crippen MR) is 125 cm³/mol. The molecule has 0 fully saturated rings. The van der Waals surface area contributed by atoms with Crippen LogP contribution in [-0.2, 0) is 6.54 Å². The van der Waals surface area contributed by atoms with Crippen LogP contribution >= 0.6 is 0 Å². The van der Waals surface area contributed by atoms with Crippen molar-refractivity contribution in [1.82, 2.24) is 4.57 Å². The molecule has 0 saturated carbocycles. The van der Waals surface area contributed by atoms with Gasteiger partial charge in [0.1, 0.15) is 5.82 Å². The number of hydrogen-bond donors (Lipinski definition) is 0. The summed E-state index contributed by atoms with van der Waals surface area (Å²) in [5.74, 6) is -0.201. The highest BCUT2D eigenvalue weighted by molar-refractivity contribution is 5.90. The van der Waals surface area contributed by atoms with Crippen molar-refractivity contribution < 1.29 is 4.39 Å². The molecular formula is C26H26FN3. The summed E-state index contributed by atoms with van der Waals surface area (Å²) < 4.78 is 15.6. The first-order valence-electron chi connectivity index (χ1n) is 10.4. The molecule has 0 aliphatic heterocycles. The normalized spacial score (nSPS) is 11.4. The Bertz CT molecular complexity index is 1150. The molecular weight excluding hydrogens is 373 g/mol. The van der Waals surface area contributed by atoms with Gasteiger partial charge in [0.15, 0.2) is 0 Å². The fourth-order valence-corrected chi connectivity index (χ4v) is 3.76. The molecule has 30 heavy (non-hydrogen) atoms. The molecule has 0 amide bonds. The third-order valence-electron chi connectivity index (χ3n) is 5.38. The second-order valence-electron chi connectivity index (χ2n) is 7.34. The van der Waals surface area contributed by atoms with Crippen LogP contribution in [-0.4, -0.2) is 23.9 Å². The molecule has 1 heterocycles. The Morgan fingerprint density at radius 1 is 0.933 bits per heavy atom. The summed E-state index contributed by atoms with van der Waals surface area (Å²) in [7, 11) is 0. The molecule has 0 radical (unpaired) electrons. The van der Waals surface area contributed by atoms with Gasteiger partial charge in [-0.05, 0) is 79.6 Å². The zero-order chi connectivity index (χ0) is 20.9. The number of fused-ring (bicyclic) bond motifs is 1. The summed E-state index contributed by atoms with van der Waals surface area (Å²) in [5.41, 5.74) is 5.29. The highest BCUT2D eigenvalue weighted by atomic mass is 19.1. The first kappa shape index (κ1) is 19.9. The van der Waals surface area contributed by atoms with Crippen LogP contribution in [0, 0.1) is 5.82 Å². The Morgan fingerprint density at radius 3 is 2.47 bits per heavy atom. The van der Waals surface area contributed by atoms with Gasteiger partial charge in [-0.3, -0.25) is 4.99 Å². The molecule has 4 rings (SSSR count). The second kappa shape index (κ2) is 8.95. The molecule has 0 unspecified atom stereocenters. The minimum Gasteiger partial charge on any atom is -0.372 e. The fraction of sp³-hybridized carbons (Fsp3) is 0.192. The fourth-order valence-electron chi connectivity index (χ4n) is 3.76. The summed E-state index contributed by atoms with van der Waals surface area (Å²) >= 11 is 0. The number of nitrogens with zero attached hydrogens (tertiary/aromatic N) is 3. The van der Waals surface area contributed by atoms with E-state index < -0.39 is 0 Å². The molecule has 4 heteroatoms. The van der Waals surface area contributed by atoms with Crippen LogP contribution in [0.2, 0.25) is 0 Å². The van der Waals surface area contributed by atoms with Crippen molar-refractivity contribution in [3.63, 3.8) is 0 Å². The molecule has 0 aliphatic carbocycles. The number of rotatable bonds is 7. The monoisotopic (exact) mass is 399 g/mol. The molecule has 3 aromatic carbocycles. The summed E-state index contributed by atoms with van der Waals surface area (Å²) in [5, 5.41) is 1.15. The van der Waals surface area contributed by atoms with E-state index in [1.165, 1.54) is 11.8 Å². The van der Waals surface area contributed by atoms with E-state index in [0.29, 0.717) is 6.54 Å². The van der Waals surface area contributed by atoms with E-state index in [1.54, 1.807) is 12.1 Å². The van der Waals surface area contributed by atoms with Crippen molar-refractivity contribution in [2.24, 2.45) is 4.99 Å². The summed E-state index contributed by atoms with van der Waals surface area (Å²) in [6, 6.07) is 23.5. The van der Waals surface area contributed by atoms with Crippen molar-refractivity contribution in [3.05, 3.63) is 95.9 Å². The van der Waals surface area contributed by atoms with Crippen molar-refractivity contribution in [2.75, 3.05) is 18.0 Å². The zero-order valence-corrected chi connectivity index (χ0v) is 17.4. The predicted octanol–water partition coefficient (Wildman–Crippen LogP) is 6.43. The molecule has 0 atom stereocenters. The van der Waals surface area contributed by atoms with Crippen LogP contribution in [0.5, 0.6) is 0 Å². The van der Waals surface area contributed by atoms with Gasteiger partial charge in [-0.1, -0.05) is 18.2 Å². The molecule has 0 saturated heterocycles. The van der Waals surface area contributed by atoms with E-state index in [9.17, 15) is 4.39 Å². The molecule has 4 aromatic rings. The van der Waals surface area contributed by atoms with E-state index in [-0.39, 0.29) is 5.82 Å². The van der Waals surface area contributed by atoms with Crippen LogP contribution in [0.3, 0.4) is 0 Å². The van der Waals surface area contributed by atoms with E-state index in [2.05, 4.69) is 76.8 Å². The largest absolute Gasteiger partial charge is 0.372 e. The SMILES string of the molecule is CCN(CC)c1ccc(N=Cc2ccc3c(ccn3Cc3cccc(F)c3)c2)cc1. The Labute approximate surface area is 177 Å². The maximum absolute atomic E-state index is 13.5. The van der Waals surface area contributed by atoms with Gasteiger partial charge >= 0.3 is 0 Å². The number of aromatic nitrogens is 1. The smallest absolute Gasteiger partial charge is 0.123 e. The number of aliphatic imine (C=N–C) groups is 1. The Hall–Kier alpha value is -3.40. The molecule has 0 N–H and O–H groups in total. The molecule has 0 aliphatic rings. The highest BCUT2D eigenvalue weighted by Crippen LogP contribution is 2.21. The van der Waals surface area contributed by atoms with Crippen LogP contribution < -0.4 is 4.90 Å². The van der Waals surface area contributed by atoms with Crippen LogP contribution in [0.1, 0.15) is 25.0 Å². The van der Waals surface area contributed by atoms with Crippen LogP contribution in [0.15, 0.2) is 84.0 Å². The molecule has 3 nitrogen and oxygen atoms in total. The van der Waals surface area contributed by atoms with Crippen molar-refractivity contribution in [3.8, 4) is 0 Å². The van der Waals surface area contributed by atoms with E-state index in [1.807, 2.05) is 18.5 Å². The lowest BCUT2D eigenvalue weighted by Crippen LogP contribution is -2.21. The van der Waals surface area contributed by atoms with Crippen molar-refractivity contribution >= 4 is 28.5 Å².